The molecule has 2 aliphatic heterocycles. The molecule has 4 rings (SSSR count). The third kappa shape index (κ3) is 4.02. The SMILES string of the molecule is O=C1C2NCCCC2N(Cc2cccc(C(F)(F)F)c2)C(=O)N1Cc1cccnc1. The second-order valence-corrected chi connectivity index (χ2v) is 7.54. The summed E-state index contributed by atoms with van der Waals surface area (Å²) in [7, 11) is 0. The van der Waals surface area contributed by atoms with Gasteiger partial charge in [-0.05, 0) is 48.7 Å². The van der Waals surface area contributed by atoms with Gasteiger partial charge in [0.2, 0.25) is 5.91 Å². The summed E-state index contributed by atoms with van der Waals surface area (Å²) in [5.74, 6) is -0.311. The fourth-order valence-corrected chi connectivity index (χ4v) is 4.07. The highest BCUT2D eigenvalue weighted by molar-refractivity contribution is 6.00. The maximum Gasteiger partial charge on any atom is 0.416 e. The highest BCUT2D eigenvalue weighted by Gasteiger charge is 2.47. The fourth-order valence-electron chi connectivity index (χ4n) is 4.07. The van der Waals surface area contributed by atoms with Gasteiger partial charge in [0, 0.05) is 18.9 Å². The number of amides is 3. The summed E-state index contributed by atoms with van der Waals surface area (Å²) in [6.07, 6.45) is 0.123. The van der Waals surface area contributed by atoms with Gasteiger partial charge in [-0.1, -0.05) is 18.2 Å². The van der Waals surface area contributed by atoms with E-state index in [4.69, 9.17) is 0 Å². The van der Waals surface area contributed by atoms with E-state index in [1.165, 1.54) is 11.0 Å². The van der Waals surface area contributed by atoms with Gasteiger partial charge in [-0.25, -0.2) is 4.79 Å². The summed E-state index contributed by atoms with van der Waals surface area (Å²) in [5, 5.41) is 3.18. The minimum Gasteiger partial charge on any atom is -0.315 e. The number of aromatic nitrogens is 1. The molecule has 0 radical (unpaired) electrons. The van der Waals surface area contributed by atoms with Crippen LogP contribution in [0.1, 0.15) is 29.5 Å². The molecule has 2 atom stereocenters. The number of halogens is 3. The summed E-state index contributed by atoms with van der Waals surface area (Å²) in [5.41, 5.74) is 0.316. The zero-order valence-electron chi connectivity index (χ0n) is 16.1. The molecule has 9 heteroatoms. The van der Waals surface area contributed by atoms with E-state index in [2.05, 4.69) is 10.3 Å². The molecule has 2 saturated heterocycles. The van der Waals surface area contributed by atoms with Crippen molar-refractivity contribution < 1.29 is 22.8 Å². The van der Waals surface area contributed by atoms with Gasteiger partial charge in [0.15, 0.2) is 0 Å². The van der Waals surface area contributed by atoms with Crippen LogP contribution in [0.15, 0.2) is 48.8 Å². The van der Waals surface area contributed by atoms with Gasteiger partial charge in [-0.15, -0.1) is 0 Å². The van der Waals surface area contributed by atoms with Gasteiger partial charge in [0.1, 0.15) is 6.04 Å². The maximum absolute atomic E-state index is 13.2. The molecule has 0 aliphatic carbocycles. The first-order valence-corrected chi connectivity index (χ1v) is 9.75. The van der Waals surface area contributed by atoms with Crippen molar-refractivity contribution in [3.05, 3.63) is 65.5 Å². The monoisotopic (exact) mass is 418 g/mol. The van der Waals surface area contributed by atoms with Crippen molar-refractivity contribution in [3.63, 3.8) is 0 Å². The Balaban J connectivity index is 1.63. The first-order chi connectivity index (χ1) is 14.3. The van der Waals surface area contributed by atoms with Crippen molar-refractivity contribution in [2.45, 2.75) is 44.2 Å². The van der Waals surface area contributed by atoms with E-state index in [1.54, 1.807) is 30.6 Å². The zero-order valence-corrected chi connectivity index (χ0v) is 16.1. The molecule has 2 unspecified atom stereocenters. The van der Waals surface area contributed by atoms with Gasteiger partial charge < -0.3 is 10.2 Å². The Morgan fingerprint density at radius 2 is 1.90 bits per heavy atom. The number of nitrogens with one attached hydrogen (secondary N) is 1. The van der Waals surface area contributed by atoms with E-state index in [-0.39, 0.29) is 19.0 Å². The number of carbonyl (C=O) groups is 2. The number of piperidine rings is 1. The predicted molar refractivity (Wildman–Crippen MR) is 102 cm³/mol. The Kier molecular flexibility index (Phi) is 5.46. The van der Waals surface area contributed by atoms with Gasteiger partial charge in [0.05, 0.1) is 18.2 Å². The average molecular weight is 418 g/mol. The second-order valence-electron chi connectivity index (χ2n) is 7.54. The van der Waals surface area contributed by atoms with E-state index in [9.17, 15) is 22.8 Å². The minimum absolute atomic E-state index is 0.00240. The quantitative estimate of drug-likeness (QED) is 0.828. The molecule has 30 heavy (non-hydrogen) atoms. The topological polar surface area (TPSA) is 65.5 Å². The third-order valence-corrected chi connectivity index (χ3v) is 5.51. The molecule has 1 N–H and O–H groups in total. The van der Waals surface area contributed by atoms with Gasteiger partial charge in [0.25, 0.3) is 0 Å². The fraction of sp³-hybridized carbons (Fsp3) is 0.381. The standard InChI is InChI=1S/C21H21F3N4O2/c22-21(23,24)16-6-1-4-14(10-16)12-27-17-7-3-9-26-18(17)19(29)28(20(27)30)13-15-5-2-8-25-11-15/h1-2,4-6,8,10-11,17-18,26H,3,7,9,12-13H2. The molecule has 158 valence electrons. The first kappa shape index (κ1) is 20.3. The summed E-state index contributed by atoms with van der Waals surface area (Å²) >= 11 is 0. The molecule has 2 aliphatic rings. The summed E-state index contributed by atoms with van der Waals surface area (Å²) in [6, 6.07) is 6.99. The zero-order chi connectivity index (χ0) is 21.3. The Hall–Kier alpha value is -2.94. The number of nitrogens with zero attached hydrogens (tertiary/aromatic N) is 3. The Morgan fingerprint density at radius 3 is 2.63 bits per heavy atom. The van der Waals surface area contributed by atoms with Crippen LogP contribution in [-0.4, -0.2) is 45.4 Å². The Labute approximate surface area is 171 Å². The molecule has 2 aromatic rings. The molecule has 1 aromatic carbocycles. The van der Waals surface area contributed by atoms with E-state index < -0.39 is 29.9 Å². The number of imide groups is 1. The highest BCUT2D eigenvalue weighted by atomic mass is 19.4. The molecular weight excluding hydrogens is 397 g/mol. The predicted octanol–water partition coefficient (Wildman–Crippen LogP) is 3.19. The molecule has 3 amide bonds. The molecule has 0 saturated carbocycles. The lowest BCUT2D eigenvalue weighted by Crippen LogP contribution is -2.68. The van der Waals surface area contributed by atoms with E-state index in [0.717, 1.165) is 23.5 Å². The van der Waals surface area contributed by atoms with Crippen LogP contribution in [-0.2, 0) is 24.1 Å². The van der Waals surface area contributed by atoms with E-state index in [1.807, 2.05) is 0 Å². The van der Waals surface area contributed by atoms with Crippen molar-refractivity contribution in [2.24, 2.45) is 0 Å². The van der Waals surface area contributed by atoms with Crippen molar-refractivity contribution in [1.82, 2.24) is 20.1 Å². The average Bonchev–Trinajstić information content (AvgIpc) is 2.74. The van der Waals surface area contributed by atoms with Gasteiger partial charge >= 0.3 is 12.2 Å². The third-order valence-electron chi connectivity index (χ3n) is 5.51. The number of hydrogen-bond donors (Lipinski definition) is 1. The van der Waals surface area contributed by atoms with Crippen LogP contribution < -0.4 is 5.32 Å². The minimum atomic E-state index is -4.46. The normalized spacial score (nSPS) is 22.2. The van der Waals surface area contributed by atoms with Gasteiger partial charge in [-0.3, -0.25) is 14.7 Å². The van der Waals surface area contributed by atoms with Crippen LogP contribution in [0.4, 0.5) is 18.0 Å². The van der Waals surface area contributed by atoms with E-state index in [0.29, 0.717) is 24.1 Å². The van der Waals surface area contributed by atoms with Crippen LogP contribution in [0.5, 0.6) is 0 Å². The first-order valence-electron chi connectivity index (χ1n) is 9.75. The number of benzene rings is 1. The highest BCUT2D eigenvalue weighted by Crippen LogP contribution is 2.31. The molecule has 0 bridgehead atoms. The lowest BCUT2D eigenvalue weighted by Gasteiger charge is -2.47. The van der Waals surface area contributed by atoms with Crippen molar-refractivity contribution >= 4 is 11.9 Å². The van der Waals surface area contributed by atoms with Crippen molar-refractivity contribution in [2.75, 3.05) is 6.54 Å². The van der Waals surface area contributed by atoms with Crippen LogP contribution >= 0.6 is 0 Å². The van der Waals surface area contributed by atoms with Crippen molar-refractivity contribution in [3.8, 4) is 0 Å². The number of urea groups is 1. The largest absolute Gasteiger partial charge is 0.416 e. The van der Waals surface area contributed by atoms with Crippen molar-refractivity contribution in [1.29, 1.82) is 0 Å². The lowest BCUT2D eigenvalue weighted by atomic mass is 9.92. The molecule has 3 heterocycles. The second kappa shape index (κ2) is 8.06. The summed E-state index contributed by atoms with van der Waals surface area (Å²) < 4.78 is 39.3. The molecule has 1 aromatic heterocycles. The van der Waals surface area contributed by atoms with Crippen LogP contribution in [0.2, 0.25) is 0 Å². The molecule has 6 nitrogen and oxygen atoms in total. The molecule has 2 fully saturated rings. The van der Waals surface area contributed by atoms with Gasteiger partial charge in [-0.2, -0.15) is 13.2 Å². The van der Waals surface area contributed by atoms with E-state index >= 15 is 0 Å². The lowest BCUT2D eigenvalue weighted by molar-refractivity contribution is -0.138. The number of rotatable bonds is 4. The number of hydrogen-bond acceptors (Lipinski definition) is 4. The number of alkyl halides is 3. The number of pyridine rings is 1. The summed E-state index contributed by atoms with van der Waals surface area (Å²) in [6.45, 7) is 0.719. The van der Waals surface area contributed by atoms with Crippen LogP contribution in [0.3, 0.4) is 0 Å². The smallest absolute Gasteiger partial charge is 0.315 e. The molecule has 0 spiro atoms. The Bertz CT molecular complexity index is 935. The Morgan fingerprint density at radius 1 is 1.10 bits per heavy atom. The summed E-state index contributed by atoms with van der Waals surface area (Å²) in [4.78, 5) is 32.9. The number of carbonyl (C=O) groups excluding carboxylic acids is 2. The number of fused-ring (bicyclic) bond motifs is 1. The maximum atomic E-state index is 13.2. The van der Waals surface area contributed by atoms with Crippen LogP contribution in [0.25, 0.3) is 0 Å². The van der Waals surface area contributed by atoms with Crippen LogP contribution in [0, 0.1) is 0 Å². The molecular formula is C21H21F3N4O2.